The molecule has 2 fully saturated rings. The number of halogens is 1. The molecule has 0 spiro atoms. The van der Waals surface area contributed by atoms with Crippen LogP contribution in [0.15, 0.2) is 24.3 Å². The summed E-state index contributed by atoms with van der Waals surface area (Å²) in [7, 11) is 0. The standard InChI is InChI=1S/C19H28ClN/c1-13(2)21-12-17(18-5-3-4-6-19(18)20)11-16-10-14-7-8-15(16)9-14/h3-6,13-17,21H,7-12H2,1-2H3. The van der Waals surface area contributed by atoms with Gasteiger partial charge in [-0.15, -0.1) is 0 Å². The summed E-state index contributed by atoms with van der Waals surface area (Å²) in [6.07, 6.45) is 7.24. The first kappa shape index (κ1) is 15.4. The van der Waals surface area contributed by atoms with Crippen molar-refractivity contribution in [2.75, 3.05) is 6.54 Å². The molecule has 0 heterocycles. The molecule has 0 aliphatic heterocycles. The highest BCUT2D eigenvalue weighted by atomic mass is 35.5. The third-order valence-electron chi connectivity index (χ3n) is 5.59. The molecule has 21 heavy (non-hydrogen) atoms. The van der Waals surface area contributed by atoms with Crippen LogP contribution >= 0.6 is 11.6 Å². The molecule has 1 N–H and O–H groups in total. The van der Waals surface area contributed by atoms with Crippen molar-refractivity contribution in [3.8, 4) is 0 Å². The van der Waals surface area contributed by atoms with Gasteiger partial charge in [-0.2, -0.15) is 0 Å². The lowest BCUT2D eigenvalue weighted by Gasteiger charge is -2.28. The fourth-order valence-electron chi connectivity index (χ4n) is 4.53. The molecule has 0 amide bonds. The number of hydrogen-bond acceptors (Lipinski definition) is 1. The van der Waals surface area contributed by atoms with Crippen LogP contribution in [0.5, 0.6) is 0 Å². The minimum Gasteiger partial charge on any atom is -0.314 e. The van der Waals surface area contributed by atoms with E-state index < -0.39 is 0 Å². The highest BCUT2D eigenvalue weighted by Gasteiger charge is 2.40. The first-order valence-corrected chi connectivity index (χ1v) is 8.99. The van der Waals surface area contributed by atoms with Gasteiger partial charge in [-0.1, -0.05) is 50.1 Å². The second-order valence-corrected chi connectivity index (χ2v) is 7.86. The molecule has 1 aromatic carbocycles. The summed E-state index contributed by atoms with van der Waals surface area (Å²) in [4.78, 5) is 0. The molecule has 2 bridgehead atoms. The zero-order valence-corrected chi connectivity index (χ0v) is 14.1. The van der Waals surface area contributed by atoms with E-state index in [0.717, 1.165) is 29.3 Å². The maximum absolute atomic E-state index is 6.47. The minimum atomic E-state index is 0.537. The van der Waals surface area contributed by atoms with Crippen LogP contribution in [0.3, 0.4) is 0 Å². The van der Waals surface area contributed by atoms with Gasteiger partial charge < -0.3 is 5.32 Å². The summed E-state index contributed by atoms with van der Waals surface area (Å²) in [5, 5.41) is 4.57. The SMILES string of the molecule is CC(C)NCC(CC1CC2CCC1C2)c1ccccc1Cl. The number of rotatable bonds is 6. The van der Waals surface area contributed by atoms with Gasteiger partial charge in [0.05, 0.1) is 0 Å². The van der Waals surface area contributed by atoms with Gasteiger partial charge in [-0.3, -0.25) is 0 Å². The monoisotopic (exact) mass is 305 g/mol. The highest BCUT2D eigenvalue weighted by Crippen LogP contribution is 2.51. The first-order chi connectivity index (χ1) is 10.1. The van der Waals surface area contributed by atoms with Gasteiger partial charge in [0, 0.05) is 17.6 Å². The van der Waals surface area contributed by atoms with Gasteiger partial charge in [-0.05, 0) is 61.0 Å². The lowest BCUT2D eigenvalue weighted by atomic mass is 9.80. The van der Waals surface area contributed by atoms with E-state index in [0.29, 0.717) is 12.0 Å². The maximum Gasteiger partial charge on any atom is 0.0441 e. The van der Waals surface area contributed by atoms with Crippen LogP contribution in [0.1, 0.15) is 57.4 Å². The molecule has 2 aliphatic carbocycles. The second kappa shape index (κ2) is 6.71. The third-order valence-corrected chi connectivity index (χ3v) is 5.93. The van der Waals surface area contributed by atoms with E-state index in [9.17, 15) is 0 Å². The molecular formula is C19H28ClN. The predicted octanol–water partition coefficient (Wildman–Crippen LogP) is 5.25. The molecular weight excluding hydrogens is 278 g/mol. The lowest BCUT2D eigenvalue weighted by molar-refractivity contribution is 0.289. The van der Waals surface area contributed by atoms with Crippen LogP contribution in [-0.4, -0.2) is 12.6 Å². The molecule has 2 saturated carbocycles. The summed E-state index contributed by atoms with van der Waals surface area (Å²) in [5.41, 5.74) is 1.34. The molecule has 0 aromatic heterocycles. The van der Waals surface area contributed by atoms with Crippen molar-refractivity contribution in [3.05, 3.63) is 34.9 Å². The number of fused-ring (bicyclic) bond motifs is 2. The van der Waals surface area contributed by atoms with Crippen molar-refractivity contribution >= 4 is 11.6 Å². The molecule has 0 saturated heterocycles. The number of hydrogen-bond donors (Lipinski definition) is 1. The average Bonchev–Trinajstić information content (AvgIpc) is 3.06. The van der Waals surface area contributed by atoms with Crippen LogP contribution in [0.2, 0.25) is 5.02 Å². The van der Waals surface area contributed by atoms with Gasteiger partial charge in [0.1, 0.15) is 0 Å². The van der Waals surface area contributed by atoms with Gasteiger partial charge in [0.25, 0.3) is 0 Å². The van der Waals surface area contributed by atoms with Crippen molar-refractivity contribution in [1.82, 2.24) is 5.32 Å². The summed E-state index contributed by atoms with van der Waals surface area (Å²) in [6.45, 7) is 5.50. The van der Waals surface area contributed by atoms with Gasteiger partial charge in [0.2, 0.25) is 0 Å². The minimum absolute atomic E-state index is 0.537. The molecule has 4 atom stereocenters. The van der Waals surface area contributed by atoms with Gasteiger partial charge in [-0.25, -0.2) is 0 Å². The van der Waals surface area contributed by atoms with E-state index in [1.807, 2.05) is 12.1 Å². The Labute approximate surface area is 134 Å². The normalized spacial score (nSPS) is 29.2. The Balaban J connectivity index is 1.71. The van der Waals surface area contributed by atoms with Gasteiger partial charge in [0.15, 0.2) is 0 Å². The van der Waals surface area contributed by atoms with E-state index in [1.54, 1.807) is 0 Å². The quantitative estimate of drug-likeness (QED) is 0.757. The maximum atomic E-state index is 6.47. The molecule has 4 unspecified atom stereocenters. The second-order valence-electron chi connectivity index (χ2n) is 7.45. The van der Waals surface area contributed by atoms with E-state index >= 15 is 0 Å². The molecule has 1 nitrogen and oxygen atoms in total. The molecule has 2 aliphatic rings. The van der Waals surface area contributed by atoms with E-state index in [-0.39, 0.29) is 0 Å². The number of benzene rings is 1. The van der Waals surface area contributed by atoms with E-state index in [2.05, 4.69) is 31.3 Å². The summed E-state index contributed by atoms with van der Waals surface area (Å²) in [5.74, 6) is 3.52. The Morgan fingerprint density at radius 3 is 2.62 bits per heavy atom. The smallest absolute Gasteiger partial charge is 0.0441 e. The zero-order valence-electron chi connectivity index (χ0n) is 13.3. The number of nitrogens with one attached hydrogen (secondary N) is 1. The third kappa shape index (κ3) is 3.63. The van der Waals surface area contributed by atoms with E-state index in [1.165, 1.54) is 37.7 Å². The topological polar surface area (TPSA) is 12.0 Å². The predicted molar refractivity (Wildman–Crippen MR) is 90.9 cm³/mol. The van der Waals surface area contributed by atoms with Crippen LogP contribution in [-0.2, 0) is 0 Å². The Bertz CT molecular complexity index is 470. The largest absolute Gasteiger partial charge is 0.314 e. The van der Waals surface area contributed by atoms with Crippen molar-refractivity contribution < 1.29 is 0 Å². The van der Waals surface area contributed by atoms with Crippen LogP contribution in [0, 0.1) is 17.8 Å². The highest BCUT2D eigenvalue weighted by molar-refractivity contribution is 6.31. The Hall–Kier alpha value is -0.530. The molecule has 116 valence electrons. The fourth-order valence-corrected chi connectivity index (χ4v) is 4.83. The molecule has 3 rings (SSSR count). The molecule has 2 heteroatoms. The molecule has 0 radical (unpaired) electrons. The van der Waals surface area contributed by atoms with Gasteiger partial charge >= 0.3 is 0 Å². The summed E-state index contributed by atoms with van der Waals surface area (Å²) >= 11 is 6.47. The van der Waals surface area contributed by atoms with Crippen LogP contribution in [0.25, 0.3) is 0 Å². The van der Waals surface area contributed by atoms with Crippen molar-refractivity contribution in [2.24, 2.45) is 17.8 Å². The summed E-state index contributed by atoms with van der Waals surface area (Å²) in [6, 6.07) is 8.97. The Kier molecular flexibility index (Phi) is 4.91. The lowest BCUT2D eigenvalue weighted by Crippen LogP contribution is -2.29. The molecule has 1 aromatic rings. The van der Waals surface area contributed by atoms with Crippen molar-refractivity contribution in [1.29, 1.82) is 0 Å². The Morgan fingerprint density at radius 2 is 2.00 bits per heavy atom. The van der Waals surface area contributed by atoms with Crippen molar-refractivity contribution in [3.63, 3.8) is 0 Å². The average molecular weight is 306 g/mol. The summed E-state index contributed by atoms with van der Waals surface area (Å²) < 4.78 is 0. The van der Waals surface area contributed by atoms with Crippen LogP contribution < -0.4 is 5.32 Å². The van der Waals surface area contributed by atoms with Crippen molar-refractivity contribution in [2.45, 2.75) is 57.9 Å². The zero-order chi connectivity index (χ0) is 14.8. The first-order valence-electron chi connectivity index (χ1n) is 8.61. The Morgan fingerprint density at radius 1 is 1.19 bits per heavy atom. The fraction of sp³-hybridized carbons (Fsp3) is 0.684. The van der Waals surface area contributed by atoms with Crippen LogP contribution in [0.4, 0.5) is 0 Å². The van der Waals surface area contributed by atoms with E-state index in [4.69, 9.17) is 11.6 Å².